The van der Waals surface area contributed by atoms with E-state index in [0.29, 0.717) is 96.3 Å². The Kier molecular flexibility index (Phi) is 28.3. The first-order valence-corrected chi connectivity index (χ1v) is 41.7. The zero-order valence-electron chi connectivity index (χ0n) is 68.5. The van der Waals surface area contributed by atoms with Gasteiger partial charge in [-0.3, -0.25) is 19.2 Å². The van der Waals surface area contributed by atoms with E-state index < -0.39 is 106 Å². The minimum Gasteiger partial charge on any atom is -0.462 e. The molecule has 0 aromatic heterocycles. The first-order valence-electron chi connectivity index (χ1n) is 41.7. The van der Waals surface area contributed by atoms with Gasteiger partial charge in [-0.25, -0.2) is 0 Å². The van der Waals surface area contributed by atoms with Crippen LogP contribution in [0.1, 0.15) is 260 Å². The van der Waals surface area contributed by atoms with Gasteiger partial charge < -0.3 is 44.5 Å². The second kappa shape index (κ2) is 35.5. The van der Waals surface area contributed by atoms with E-state index in [2.05, 4.69) is 56.8 Å². The molecule has 670 valence electrons. The predicted octanol–water partition coefficient (Wildman–Crippen LogP) is 20.3. The molecule has 12 aliphatic rings. The Morgan fingerprint density at radius 1 is 0.350 bits per heavy atom. The van der Waals surface area contributed by atoms with Gasteiger partial charge >= 0.3 is 77.7 Å². The SMILES string of the molecule is CC(=O)OC1CC(=C/C=C2\CCC[C@@]3(C)C2CCC3C2(CC#CC(O)(C(F)(F)F)C(F)(F)F)CC2)C[C@@H](OC(C)=O)C1.CC(=O)OC1CC(=C/C=C2\CCC[C@@]3(C)C2CCC3C2(CC#CC(O)(C(F)(F)F)C(F)(F)F)CC2)C[C@@H](OC(C)=O)C1.C[C@]12CCC/C(=C\C=C3CC(O)C[C@H](O)C3)C1CCC2C1(CC#CC(O)(C(F)(F)F)C(F)(F)F)CC1. The van der Waals surface area contributed by atoms with E-state index in [0.717, 1.165) is 131 Å². The van der Waals surface area contributed by atoms with E-state index in [4.69, 9.17) is 18.9 Å². The van der Waals surface area contributed by atoms with Crippen molar-refractivity contribution in [3.05, 3.63) is 69.9 Å². The number of fused-ring (bicyclic) bond motifs is 3. The molecule has 0 aromatic carbocycles. The third kappa shape index (κ3) is 20.9. The predicted molar refractivity (Wildman–Crippen MR) is 402 cm³/mol. The molecule has 12 rings (SSSR count). The quantitative estimate of drug-likeness (QED) is 0.0504. The monoisotopic (exact) mass is 1730 g/mol. The van der Waals surface area contributed by atoms with Crippen LogP contribution < -0.4 is 0 Å². The van der Waals surface area contributed by atoms with Crippen molar-refractivity contribution in [3.8, 4) is 35.5 Å². The molecule has 0 spiro atoms. The van der Waals surface area contributed by atoms with Crippen LogP contribution in [0.25, 0.3) is 0 Å². The number of rotatable bonds is 13. The summed E-state index contributed by atoms with van der Waals surface area (Å²) in [5, 5.41) is 48.1. The standard InChI is InChI=1S/2C31H38F6O5.C27H34F6O3/c2*1-19(38)41-23-16-21(17-24(18-23)42-20(2)39)7-8-22-6-4-11-27(3)25(22)9-10-26(27)28(14-15-28)12-5-13-29(40,30(32,33)34)31(35,36)37;1-23-9-2-4-18(6-5-17-14-19(34)16-20(35)15-17)21(23)7-8-22(23)24(12-13-24)10-3-11-25(36,26(28,29)30)27(31,32)33/h2*7-8,23-26,40H,4,6,9-12,14-18H2,1-3H3;5-6,19-22,34-36H,2,4,7-10,12-16H2,1H3/b2*21-7?,22-8+;17-5?,18-6+/t2*23-,24?,25?,26?,27+;19-,20?,21?,22?,23+/m111/s1. The number of esters is 4. The van der Waals surface area contributed by atoms with E-state index in [1.165, 1.54) is 44.4 Å². The molecular weight excluding hydrogens is 1620 g/mol. The molecule has 0 aromatic rings. The zero-order chi connectivity index (χ0) is 88.8. The highest BCUT2D eigenvalue weighted by atomic mass is 19.4. The van der Waals surface area contributed by atoms with Crippen molar-refractivity contribution in [1.29, 1.82) is 0 Å². The number of alkyl halides is 18. The Bertz CT molecular complexity index is 3870. The second-order valence-electron chi connectivity index (χ2n) is 37.1. The maximum atomic E-state index is 13.1. The summed E-state index contributed by atoms with van der Waals surface area (Å²) in [6.07, 6.45) is -4.31. The molecule has 31 heteroatoms. The van der Waals surface area contributed by atoms with Crippen LogP contribution in [0, 0.1) is 104 Å². The lowest BCUT2D eigenvalue weighted by Crippen LogP contribution is -2.55. The van der Waals surface area contributed by atoms with Gasteiger partial charge in [-0.15, -0.1) is 0 Å². The van der Waals surface area contributed by atoms with Gasteiger partial charge in [0.25, 0.3) is 0 Å². The van der Waals surface area contributed by atoms with Crippen molar-refractivity contribution < 1.29 is 143 Å². The van der Waals surface area contributed by atoms with E-state index >= 15 is 0 Å². The Labute approximate surface area is 688 Å². The average Bonchev–Trinajstić information content (AvgIpc) is 1.56. The Morgan fingerprint density at radius 2 is 0.575 bits per heavy atom. The van der Waals surface area contributed by atoms with Gasteiger partial charge in [0.05, 0.1) is 12.2 Å². The van der Waals surface area contributed by atoms with Crippen LogP contribution in [0.3, 0.4) is 0 Å². The van der Waals surface area contributed by atoms with E-state index in [1.54, 1.807) is 0 Å². The number of ether oxygens (including phenoxy) is 4. The first kappa shape index (κ1) is 95.8. The molecule has 120 heavy (non-hydrogen) atoms. The van der Waals surface area contributed by atoms with Crippen molar-refractivity contribution in [2.45, 2.75) is 351 Å². The molecule has 12 aliphatic carbocycles. The summed E-state index contributed by atoms with van der Waals surface area (Å²) in [4.78, 5) is 46.2. The summed E-state index contributed by atoms with van der Waals surface area (Å²) < 4.78 is 257. The van der Waals surface area contributed by atoms with Crippen LogP contribution in [0.15, 0.2) is 69.9 Å². The number of hydrogen-bond acceptors (Lipinski definition) is 13. The molecule has 15 atom stereocenters. The lowest BCUT2D eigenvalue weighted by atomic mass is 9.59. The Hall–Kier alpha value is -6.46. The van der Waals surface area contributed by atoms with Crippen LogP contribution in [-0.4, -0.2) is 140 Å². The summed E-state index contributed by atoms with van der Waals surface area (Å²) in [5.74, 6) is 9.23. The molecule has 12 fully saturated rings. The topological polar surface area (TPSA) is 206 Å². The highest BCUT2D eigenvalue weighted by molar-refractivity contribution is 5.67. The van der Waals surface area contributed by atoms with E-state index in [1.807, 2.05) is 18.2 Å². The van der Waals surface area contributed by atoms with E-state index in [-0.39, 0.29) is 95.4 Å². The third-order valence-electron chi connectivity index (χ3n) is 28.9. The number of carbonyl (C=O) groups excluding carboxylic acids is 4. The normalized spacial score (nSPS) is 34.2. The van der Waals surface area contributed by atoms with Gasteiger partial charge in [0.2, 0.25) is 0 Å². The fraction of sp³-hybridized carbons (Fsp3) is 0.753. The molecule has 0 bridgehead atoms. The molecule has 0 aliphatic heterocycles. The number of aliphatic hydroxyl groups excluding tert-OH is 2. The summed E-state index contributed by atoms with van der Waals surface area (Å²) >= 11 is 0. The highest BCUT2D eigenvalue weighted by Crippen LogP contribution is 2.73. The van der Waals surface area contributed by atoms with Crippen LogP contribution >= 0.6 is 0 Å². The zero-order valence-corrected chi connectivity index (χ0v) is 68.5. The first-order chi connectivity index (χ1) is 55.4. The molecule has 12 saturated carbocycles. The Balaban J connectivity index is 0.000000190. The molecule has 0 amide bonds. The van der Waals surface area contributed by atoms with Crippen LogP contribution in [0.4, 0.5) is 79.0 Å². The summed E-state index contributed by atoms with van der Waals surface area (Å²) in [7, 11) is 0. The number of hydrogen-bond donors (Lipinski definition) is 5. The van der Waals surface area contributed by atoms with E-state index in [9.17, 15) is 124 Å². The van der Waals surface area contributed by atoms with Crippen molar-refractivity contribution >= 4 is 23.9 Å². The molecule has 9 unspecified atom stereocenters. The van der Waals surface area contributed by atoms with Crippen LogP contribution in [0.2, 0.25) is 0 Å². The summed E-state index contributed by atoms with van der Waals surface area (Å²) in [5.41, 5.74) is -10.1. The fourth-order valence-electron chi connectivity index (χ4n) is 22.9. The molecular formula is C89H110F18O13. The summed E-state index contributed by atoms with van der Waals surface area (Å²) in [6, 6.07) is 0. The number of carbonyl (C=O) groups is 4. The number of halogens is 18. The third-order valence-corrected chi connectivity index (χ3v) is 28.9. The van der Waals surface area contributed by atoms with Crippen LogP contribution in [0.5, 0.6) is 0 Å². The highest BCUT2D eigenvalue weighted by Gasteiger charge is 2.73. The van der Waals surface area contributed by atoms with Gasteiger partial charge in [0, 0.05) is 85.5 Å². The van der Waals surface area contributed by atoms with Crippen molar-refractivity contribution in [3.63, 3.8) is 0 Å². The minimum atomic E-state index is -5.95. The van der Waals surface area contributed by atoms with Gasteiger partial charge in [-0.05, 0) is 240 Å². The Morgan fingerprint density at radius 3 is 0.783 bits per heavy atom. The average molecular weight is 1730 g/mol. The van der Waals surface area contributed by atoms with Gasteiger partial charge in [-0.2, -0.15) is 79.0 Å². The molecule has 0 radical (unpaired) electrons. The van der Waals surface area contributed by atoms with Gasteiger partial charge in [0.1, 0.15) is 24.4 Å². The number of aliphatic hydroxyl groups is 5. The second-order valence-corrected chi connectivity index (χ2v) is 37.1. The van der Waals surface area contributed by atoms with Crippen molar-refractivity contribution in [2.75, 3.05) is 0 Å². The minimum absolute atomic E-state index is 0.0900. The smallest absolute Gasteiger partial charge is 0.438 e. The number of allylic oxidation sites excluding steroid dienone is 9. The van der Waals surface area contributed by atoms with Crippen LogP contribution in [-0.2, 0) is 38.1 Å². The fourth-order valence-corrected chi connectivity index (χ4v) is 22.9. The molecule has 5 N–H and O–H groups in total. The summed E-state index contributed by atoms with van der Waals surface area (Å²) in [6.45, 7) is 11.9. The lowest BCUT2D eigenvalue weighted by molar-refractivity contribution is -0.344. The van der Waals surface area contributed by atoms with Crippen molar-refractivity contribution in [1.82, 2.24) is 0 Å². The van der Waals surface area contributed by atoms with Gasteiger partial charge in [0.15, 0.2) is 0 Å². The molecule has 13 nitrogen and oxygen atoms in total. The van der Waals surface area contributed by atoms with Gasteiger partial charge in [-0.1, -0.05) is 108 Å². The largest absolute Gasteiger partial charge is 0.462 e. The maximum absolute atomic E-state index is 13.1. The molecule has 0 saturated heterocycles. The van der Waals surface area contributed by atoms with Crippen molar-refractivity contribution in [2.24, 2.45) is 68.0 Å². The lowest BCUT2D eigenvalue weighted by Gasteiger charge is -2.45. The maximum Gasteiger partial charge on any atom is 0.438 e. The molecule has 0 heterocycles.